The lowest BCUT2D eigenvalue weighted by Gasteiger charge is -2.22. The lowest BCUT2D eigenvalue weighted by molar-refractivity contribution is 0.137. The monoisotopic (exact) mass is 407 g/mol. The number of aryl methyl sites for hydroxylation is 1. The Morgan fingerprint density at radius 1 is 1.36 bits per heavy atom. The van der Waals surface area contributed by atoms with Crippen molar-refractivity contribution in [2.24, 2.45) is 0 Å². The SMILES string of the molecule is CC(C)(C)NC(=O)OCC(CCc1cccc(Cl)c1Cl)SCCCO. The molecular weight excluding hydrogens is 381 g/mol. The summed E-state index contributed by atoms with van der Waals surface area (Å²) in [5.41, 5.74) is 0.659. The fraction of sp³-hybridized carbons (Fsp3) is 0.611. The van der Waals surface area contributed by atoms with Gasteiger partial charge in [-0.25, -0.2) is 4.79 Å². The molecule has 0 saturated carbocycles. The molecule has 25 heavy (non-hydrogen) atoms. The lowest BCUT2D eigenvalue weighted by atomic mass is 10.1. The van der Waals surface area contributed by atoms with Gasteiger partial charge in [0, 0.05) is 17.4 Å². The summed E-state index contributed by atoms with van der Waals surface area (Å²) >= 11 is 14.0. The molecule has 0 fully saturated rings. The van der Waals surface area contributed by atoms with E-state index in [9.17, 15) is 4.79 Å². The zero-order valence-electron chi connectivity index (χ0n) is 15.0. The van der Waals surface area contributed by atoms with Gasteiger partial charge in [-0.2, -0.15) is 11.8 Å². The second-order valence-corrected chi connectivity index (χ2v) is 8.99. The number of halogens is 2. The second-order valence-electron chi connectivity index (χ2n) is 6.80. The normalized spacial score (nSPS) is 12.7. The molecule has 1 unspecified atom stereocenters. The minimum absolute atomic E-state index is 0.132. The van der Waals surface area contributed by atoms with Crippen LogP contribution in [-0.2, 0) is 11.2 Å². The largest absolute Gasteiger partial charge is 0.448 e. The van der Waals surface area contributed by atoms with Gasteiger partial charge in [0.15, 0.2) is 0 Å². The number of carbonyl (C=O) groups is 1. The summed E-state index contributed by atoms with van der Waals surface area (Å²) in [6, 6.07) is 5.60. The van der Waals surface area contributed by atoms with Crippen molar-refractivity contribution in [1.29, 1.82) is 0 Å². The molecule has 142 valence electrons. The molecular formula is C18H27Cl2NO3S. The van der Waals surface area contributed by atoms with Gasteiger partial charge in [0.05, 0.1) is 10.0 Å². The molecule has 0 aliphatic carbocycles. The van der Waals surface area contributed by atoms with E-state index < -0.39 is 6.09 Å². The molecule has 1 rings (SSSR count). The van der Waals surface area contributed by atoms with E-state index in [0.717, 1.165) is 24.2 Å². The Labute approximate surface area is 164 Å². The van der Waals surface area contributed by atoms with Crippen LogP contribution in [0.1, 0.15) is 39.2 Å². The number of rotatable bonds is 9. The predicted octanol–water partition coefficient (Wildman–Crippen LogP) is 4.93. The molecule has 7 heteroatoms. The van der Waals surface area contributed by atoms with Gasteiger partial charge in [-0.05, 0) is 57.4 Å². The first-order valence-corrected chi connectivity index (χ1v) is 10.1. The number of aliphatic hydroxyl groups is 1. The van der Waals surface area contributed by atoms with E-state index in [1.807, 2.05) is 32.9 Å². The number of nitrogens with one attached hydrogen (secondary N) is 1. The molecule has 0 aliphatic rings. The van der Waals surface area contributed by atoms with Crippen LogP contribution in [-0.4, -0.2) is 41.0 Å². The first-order valence-electron chi connectivity index (χ1n) is 8.33. The highest BCUT2D eigenvalue weighted by molar-refractivity contribution is 7.99. The van der Waals surface area contributed by atoms with Crippen molar-refractivity contribution in [3.05, 3.63) is 33.8 Å². The lowest BCUT2D eigenvalue weighted by Crippen LogP contribution is -2.41. The average molecular weight is 408 g/mol. The van der Waals surface area contributed by atoms with Crippen LogP contribution in [0.2, 0.25) is 10.0 Å². The van der Waals surface area contributed by atoms with Crippen LogP contribution in [0.15, 0.2) is 18.2 Å². The van der Waals surface area contributed by atoms with Crippen molar-refractivity contribution in [3.8, 4) is 0 Å². The molecule has 1 atom stereocenters. The summed E-state index contributed by atoms with van der Waals surface area (Å²) < 4.78 is 5.36. The van der Waals surface area contributed by atoms with Crippen molar-refractivity contribution in [2.45, 2.75) is 50.8 Å². The van der Waals surface area contributed by atoms with Gasteiger partial charge in [0.1, 0.15) is 6.61 Å². The summed E-state index contributed by atoms with van der Waals surface area (Å²) in [7, 11) is 0. The number of carbonyl (C=O) groups excluding carboxylic acids is 1. The first kappa shape index (κ1) is 22.4. The summed E-state index contributed by atoms with van der Waals surface area (Å²) in [5, 5.41) is 13.0. The van der Waals surface area contributed by atoms with Gasteiger partial charge in [0.2, 0.25) is 0 Å². The number of benzene rings is 1. The van der Waals surface area contributed by atoms with Crippen LogP contribution >= 0.6 is 35.0 Å². The van der Waals surface area contributed by atoms with Crippen molar-refractivity contribution in [1.82, 2.24) is 5.32 Å². The number of alkyl carbamates (subject to hydrolysis) is 1. The number of aliphatic hydroxyl groups excluding tert-OH is 1. The van der Waals surface area contributed by atoms with Crippen LogP contribution in [0.4, 0.5) is 4.79 Å². The van der Waals surface area contributed by atoms with E-state index in [4.69, 9.17) is 33.0 Å². The third kappa shape index (κ3) is 9.59. The molecule has 1 amide bonds. The quantitative estimate of drug-likeness (QED) is 0.569. The van der Waals surface area contributed by atoms with E-state index in [1.54, 1.807) is 17.8 Å². The minimum atomic E-state index is -0.416. The van der Waals surface area contributed by atoms with Crippen LogP contribution in [0, 0.1) is 0 Å². The molecule has 1 aromatic carbocycles. The van der Waals surface area contributed by atoms with Gasteiger partial charge < -0.3 is 15.2 Å². The molecule has 1 aromatic rings. The molecule has 0 bridgehead atoms. The zero-order valence-corrected chi connectivity index (χ0v) is 17.3. The van der Waals surface area contributed by atoms with Gasteiger partial charge in [-0.1, -0.05) is 35.3 Å². The van der Waals surface area contributed by atoms with Crippen LogP contribution in [0.3, 0.4) is 0 Å². The standard InChI is InChI=1S/C18H27Cl2NO3S/c1-18(2,3)21-17(23)24-12-14(25-11-5-10-22)9-8-13-6-4-7-15(19)16(13)20/h4,6-7,14,22H,5,8-12H2,1-3H3,(H,21,23). The summed E-state index contributed by atoms with van der Waals surface area (Å²) in [4.78, 5) is 11.8. The van der Waals surface area contributed by atoms with Crippen LogP contribution < -0.4 is 5.32 Å². The maximum absolute atomic E-state index is 11.8. The fourth-order valence-corrected chi connectivity index (χ4v) is 3.59. The van der Waals surface area contributed by atoms with Crippen molar-refractivity contribution in [2.75, 3.05) is 19.0 Å². The molecule has 4 nitrogen and oxygen atoms in total. The van der Waals surface area contributed by atoms with Gasteiger partial charge in [0.25, 0.3) is 0 Å². The summed E-state index contributed by atoms with van der Waals surface area (Å²) in [6.07, 6.45) is 1.85. The molecule has 0 aromatic heterocycles. The Hall–Kier alpha value is -0.620. The molecule has 0 radical (unpaired) electrons. The third-order valence-corrected chi connectivity index (χ3v) is 5.53. The fourth-order valence-electron chi connectivity index (χ4n) is 2.10. The highest BCUT2D eigenvalue weighted by Gasteiger charge is 2.18. The van der Waals surface area contributed by atoms with E-state index in [2.05, 4.69) is 5.32 Å². The Morgan fingerprint density at radius 2 is 2.08 bits per heavy atom. The second kappa shape index (κ2) is 11.2. The molecule has 0 saturated heterocycles. The van der Waals surface area contributed by atoms with Gasteiger partial charge in [-0.15, -0.1) is 0 Å². The van der Waals surface area contributed by atoms with Crippen LogP contribution in [0.5, 0.6) is 0 Å². The minimum Gasteiger partial charge on any atom is -0.448 e. The van der Waals surface area contributed by atoms with Crippen molar-refractivity contribution < 1.29 is 14.6 Å². The van der Waals surface area contributed by atoms with Crippen molar-refractivity contribution in [3.63, 3.8) is 0 Å². The van der Waals surface area contributed by atoms with Gasteiger partial charge in [-0.3, -0.25) is 0 Å². The van der Waals surface area contributed by atoms with E-state index in [0.29, 0.717) is 23.1 Å². The van der Waals surface area contributed by atoms with E-state index in [-0.39, 0.29) is 17.4 Å². The summed E-state index contributed by atoms with van der Waals surface area (Å²) in [5.74, 6) is 0.814. The molecule has 0 spiro atoms. The maximum Gasteiger partial charge on any atom is 0.407 e. The molecule has 0 aliphatic heterocycles. The smallest absolute Gasteiger partial charge is 0.407 e. The highest BCUT2D eigenvalue weighted by Crippen LogP contribution is 2.28. The zero-order chi connectivity index (χ0) is 18.9. The topological polar surface area (TPSA) is 58.6 Å². The number of hydrogen-bond donors (Lipinski definition) is 2. The average Bonchev–Trinajstić information content (AvgIpc) is 2.51. The predicted molar refractivity (Wildman–Crippen MR) is 107 cm³/mol. The number of amides is 1. The first-order chi connectivity index (χ1) is 11.7. The molecule has 0 heterocycles. The summed E-state index contributed by atoms with van der Waals surface area (Å²) in [6.45, 7) is 6.19. The molecule has 2 N–H and O–H groups in total. The van der Waals surface area contributed by atoms with Crippen molar-refractivity contribution >= 4 is 41.1 Å². The Balaban J connectivity index is 2.57. The Kier molecular flexibility index (Phi) is 10.0. The van der Waals surface area contributed by atoms with E-state index in [1.165, 1.54) is 0 Å². The van der Waals surface area contributed by atoms with E-state index >= 15 is 0 Å². The number of hydrogen-bond acceptors (Lipinski definition) is 4. The third-order valence-electron chi connectivity index (χ3n) is 3.30. The maximum atomic E-state index is 11.8. The number of ether oxygens (including phenoxy) is 1. The highest BCUT2D eigenvalue weighted by atomic mass is 35.5. The van der Waals surface area contributed by atoms with Gasteiger partial charge >= 0.3 is 6.09 Å². The van der Waals surface area contributed by atoms with Crippen LogP contribution in [0.25, 0.3) is 0 Å². The number of thioether (sulfide) groups is 1. The Morgan fingerprint density at radius 3 is 2.72 bits per heavy atom. The Bertz CT molecular complexity index is 550.